The Balaban J connectivity index is 1.67. The summed E-state index contributed by atoms with van der Waals surface area (Å²) in [4.78, 5) is 25.9. The number of benzene rings is 1. The molecule has 0 radical (unpaired) electrons. The molecule has 2 fully saturated rings. The average molecular weight is 307 g/mol. The van der Waals surface area contributed by atoms with Crippen molar-refractivity contribution >= 4 is 23.4 Å². The molecule has 2 atom stereocenters. The van der Waals surface area contributed by atoms with Crippen LogP contribution in [0.3, 0.4) is 0 Å². The molecule has 3 rings (SSSR count). The van der Waals surface area contributed by atoms with Crippen molar-refractivity contribution in [1.82, 2.24) is 10.2 Å². The third kappa shape index (κ3) is 3.05. The first-order chi connectivity index (χ1) is 10.2. The fourth-order valence-electron chi connectivity index (χ4n) is 3.21. The average Bonchev–Trinajstić information content (AvgIpc) is 2.53. The minimum Gasteiger partial charge on any atom is -0.353 e. The first-order valence-corrected chi connectivity index (χ1v) is 7.94. The molecule has 5 heteroatoms. The van der Waals surface area contributed by atoms with E-state index in [4.69, 9.17) is 11.6 Å². The van der Waals surface area contributed by atoms with Crippen molar-refractivity contribution in [3.05, 3.63) is 35.4 Å². The number of nitrogens with zero attached hydrogens (tertiary/aromatic N) is 1. The molecule has 0 bridgehead atoms. The number of carbonyl (C=O) groups is 2. The van der Waals surface area contributed by atoms with E-state index in [1.807, 2.05) is 29.2 Å². The number of likely N-dealkylation sites (tertiary alicyclic amines) is 1. The number of carbonyl (C=O) groups excluding carboxylic acids is 2. The van der Waals surface area contributed by atoms with E-state index >= 15 is 0 Å². The first kappa shape index (κ1) is 14.4. The molecule has 0 spiro atoms. The molecule has 1 aromatic rings. The van der Waals surface area contributed by atoms with Crippen LogP contribution in [0.5, 0.6) is 0 Å². The summed E-state index contributed by atoms with van der Waals surface area (Å²) < 4.78 is 0. The van der Waals surface area contributed by atoms with Gasteiger partial charge in [-0.2, -0.15) is 0 Å². The molecular formula is C16H19ClN2O2. The SMILES string of the molecule is O=C1CCC2CN(C(=O)c3ccc(CCl)cc3)CCC2N1. The number of piperidine rings is 2. The van der Waals surface area contributed by atoms with Crippen LogP contribution in [0.4, 0.5) is 0 Å². The van der Waals surface area contributed by atoms with Crippen molar-refractivity contribution < 1.29 is 9.59 Å². The Labute approximate surface area is 129 Å². The molecule has 4 nitrogen and oxygen atoms in total. The number of fused-ring (bicyclic) bond motifs is 1. The molecular weight excluding hydrogens is 288 g/mol. The van der Waals surface area contributed by atoms with Crippen LogP contribution < -0.4 is 5.32 Å². The molecule has 1 aromatic carbocycles. The van der Waals surface area contributed by atoms with Crippen LogP contribution in [0.2, 0.25) is 0 Å². The Morgan fingerprint density at radius 2 is 2.05 bits per heavy atom. The molecule has 0 aliphatic carbocycles. The van der Waals surface area contributed by atoms with Gasteiger partial charge in [-0.25, -0.2) is 0 Å². The van der Waals surface area contributed by atoms with E-state index in [1.165, 1.54) is 0 Å². The number of halogens is 1. The second kappa shape index (κ2) is 6.06. The topological polar surface area (TPSA) is 49.4 Å². The summed E-state index contributed by atoms with van der Waals surface area (Å²) in [6.45, 7) is 1.44. The smallest absolute Gasteiger partial charge is 0.253 e. The number of nitrogens with one attached hydrogen (secondary N) is 1. The molecule has 1 N–H and O–H groups in total. The van der Waals surface area contributed by atoms with E-state index in [-0.39, 0.29) is 17.9 Å². The van der Waals surface area contributed by atoms with Gasteiger partial charge in [0.25, 0.3) is 5.91 Å². The van der Waals surface area contributed by atoms with Gasteiger partial charge >= 0.3 is 0 Å². The van der Waals surface area contributed by atoms with Crippen LogP contribution in [0, 0.1) is 5.92 Å². The second-order valence-corrected chi connectivity index (χ2v) is 6.11. The molecule has 2 heterocycles. The van der Waals surface area contributed by atoms with Gasteiger partial charge in [-0.15, -0.1) is 11.6 Å². The van der Waals surface area contributed by atoms with E-state index in [0.29, 0.717) is 30.3 Å². The van der Waals surface area contributed by atoms with Crippen molar-refractivity contribution in [3.8, 4) is 0 Å². The fourth-order valence-corrected chi connectivity index (χ4v) is 3.39. The zero-order valence-corrected chi connectivity index (χ0v) is 12.6. The molecule has 2 aliphatic heterocycles. The lowest BCUT2D eigenvalue weighted by Gasteiger charge is -2.41. The monoisotopic (exact) mass is 306 g/mol. The van der Waals surface area contributed by atoms with Crippen molar-refractivity contribution in [2.24, 2.45) is 5.92 Å². The highest BCUT2D eigenvalue weighted by Crippen LogP contribution is 2.26. The molecule has 112 valence electrons. The summed E-state index contributed by atoms with van der Waals surface area (Å²) in [5, 5.41) is 3.04. The van der Waals surface area contributed by atoms with Gasteiger partial charge in [0.15, 0.2) is 0 Å². The predicted octanol–water partition coefficient (Wildman–Crippen LogP) is 2.17. The molecule has 2 saturated heterocycles. The number of rotatable bonds is 2. The predicted molar refractivity (Wildman–Crippen MR) is 81.2 cm³/mol. The third-order valence-electron chi connectivity index (χ3n) is 4.46. The van der Waals surface area contributed by atoms with Crippen molar-refractivity contribution in [1.29, 1.82) is 0 Å². The summed E-state index contributed by atoms with van der Waals surface area (Å²) in [7, 11) is 0. The second-order valence-electron chi connectivity index (χ2n) is 5.84. The zero-order chi connectivity index (χ0) is 14.8. The third-order valence-corrected chi connectivity index (χ3v) is 4.77. The van der Waals surface area contributed by atoms with E-state index < -0.39 is 0 Å². The maximum Gasteiger partial charge on any atom is 0.253 e. The highest BCUT2D eigenvalue weighted by atomic mass is 35.5. The Bertz CT molecular complexity index is 544. The Kier molecular flexibility index (Phi) is 4.15. The highest BCUT2D eigenvalue weighted by Gasteiger charge is 2.35. The van der Waals surface area contributed by atoms with Gasteiger partial charge in [-0.3, -0.25) is 9.59 Å². The minimum absolute atomic E-state index is 0.0754. The Morgan fingerprint density at radius 3 is 2.76 bits per heavy atom. The quantitative estimate of drug-likeness (QED) is 0.851. The summed E-state index contributed by atoms with van der Waals surface area (Å²) in [5.74, 6) is 1.07. The summed E-state index contributed by atoms with van der Waals surface area (Å²) >= 11 is 5.77. The van der Waals surface area contributed by atoms with Gasteiger partial charge in [0, 0.05) is 37.0 Å². The lowest BCUT2D eigenvalue weighted by atomic mass is 9.85. The van der Waals surface area contributed by atoms with E-state index in [1.54, 1.807) is 0 Å². The molecule has 21 heavy (non-hydrogen) atoms. The van der Waals surface area contributed by atoms with Gasteiger partial charge in [-0.05, 0) is 36.5 Å². The van der Waals surface area contributed by atoms with Crippen LogP contribution in [0.25, 0.3) is 0 Å². The fraction of sp³-hybridized carbons (Fsp3) is 0.500. The number of hydrogen-bond acceptors (Lipinski definition) is 2. The van der Waals surface area contributed by atoms with Gasteiger partial charge in [-0.1, -0.05) is 12.1 Å². The maximum absolute atomic E-state index is 12.5. The van der Waals surface area contributed by atoms with Gasteiger partial charge < -0.3 is 10.2 Å². The summed E-state index contributed by atoms with van der Waals surface area (Å²) in [6.07, 6.45) is 2.31. The summed E-state index contributed by atoms with van der Waals surface area (Å²) in [5.41, 5.74) is 1.73. The van der Waals surface area contributed by atoms with Crippen molar-refractivity contribution in [3.63, 3.8) is 0 Å². The van der Waals surface area contributed by atoms with Crippen LogP contribution in [-0.4, -0.2) is 35.8 Å². The molecule has 2 aliphatic rings. The van der Waals surface area contributed by atoms with E-state index in [9.17, 15) is 9.59 Å². The summed E-state index contributed by atoms with van der Waals surface area (Å²) in [6, 6.07) is 7.72. The molecule has 2 unspecified atom stereocenters. The normalized spacial score (nSPS) is 25.2. The maximum atomic E-state index is 12.5. The first-order valence-electron chi connectivity index (χ1n) is 7.41. The Morgan fingerprint density at radius 1 is 1.29 bits per heavy atom. The standard InChI is InChI=1S/C16H19ClN2O2/c17-9-11-1-3-12(4-2-11)16(21)19-8-7-14-13(10-19)5-6-15(20)18-14/h1-4,13-14H,5-10H2,(H,18,20). The molecule has 0 aromatic heterocycles. The lowest BCUT2D eigenvalue weighted by Crippen LogP contribution is -2.55. The van der Waals surface area contributed by atoms with Gasteiger partial charge in [0.05, 0.1) is 0 Å². The largest absolute Gasteiger partial charge is 0.353 e. The van der Waals surface area contributed by atoms with Gasteiger partial charge in [0.2, 0.25) is 5.91 Å². The van der Waals surface area contributed by atoms with Crippen LogP contribution in [-0.2, 0) is 10.7 Å². The van der Waals surface area contributed by atoms with E-state index in [0.717, 1.165) is 24.9 Å². The van der Waals surface area contributed by atoms with Crippen LogP contribution in [0.1, 0.15) is 35.2 Å². The number of alkyl halides is 1. The molecule has 2 amide bonds. The number of amides is 2. The van der Waals surface area contributed by atoms with Crippen molar-refractivity contribution in [2.75, 3.05) is 13.1 Å². The van der Waals surface area contributed by atoms with Crippen molar-refractivity contribution in [2.45, 2.75) is 31.2 Å². The zero-order valence-electron chi connectivity index (χ0n) is 11.8. The Hall–Kier alpha value is -1.55. The minimum atomic E-state index is 0.0754. The molecule has 0 saturated carbocycles. The highest BCUT2D eigenvalue weighted by molar-refractivity contribution is 6.17. The van der Waals surface area contributed by atoms with Gasteiger partial charge in [0.1, 0.15) is 0 Å². The van der Waals surface area contributed by atoms with Crippen LogP contribution in [0.15, 0.2) is 24.3 Å². The number of hydrogen-bond donors (Lipinski definition) is 1. The van der Waals surface area contributed by atoms with Crippen LogP contribution >= 0.6 is 11.6 Å². The lowest BCUT2D eigenvalue weighted by molar-refractivity contribution is -0.125. The van der Waals surface area contributed by atoms with E-state index in [2.05, 4.69) is 5.32 Å².